The third-order valence-electron chi connectivity index (χ3n) is 11.6. The van der Waals surface area contributed by atoms with E-state index in [1.165, 1.54) is 39.8 Å². The summed E-state index contributed by atoms with van der Waals surface area (Å²) in [6.45, 7) is 21.1. The van der Waals surface area contributed by atoms with Crippen molar-refractivity contribution in [1.29, 1.82) is 0 Å². The highest BCUT2D eigenvalue weighted by molar-refractivity contribution is 7.09. The van der Waals surface area contributed by atoms with E-state index in [4.69, 9.17) is 4.42 Å². The van der Waals surface area contributed by atoms with Gasteiger partial charge in [-0.1, -0.05) is 97.1 Å². The number of para-hydroxylation sites is 5. The third kappa shape index (κ3) is 27.2. The van der Waals surface area contributed by atoms with Crippen molar-refractivity contribution in [3.8, 4) is 0 Å². The summed E-state index contributed by atoms with van der Waals surface area (Å²) in [5.41, 5.74) is 11.1. The summed E-state index contributed by atoms with van der Waals surface area (Å²) in [6, 6.07) is 48.7. The molecular formula is C69H72N18O2S2. The molecular weight excluding hydrogens is 1180 g/mol. The number of benzene rings is 5. The Hall–Kier alpha value is -11.1. The van der Waals surface area contributed by atoms with Gasteiger partial charge in [0.25, 0.3) is 0 Å². The molecule has 22 heteroatoms. The van der Waals surface area contributed by atoms with Gasteiger partial charge in [-0.25, -0.2) is 29.9 Å². The molecule has 2 N–H and O–H groups in total. The topological polar surface area (TPSA) is 264 Å². The van der Waals surface area contributed by atoms with Crippen molar-refractivity contribution in [2.24, 2.45) is 0 Å². The number of pyridine rings is 3. The number of fused-ring (bicyclic) bond motifs is 5. The van der Waals surface area contributed by atoms with Crippen LogP contribution in [0.5, 0.6) is 0 Å². The molecule has 91 heavy (non-hydrogen) atoms. The maximum Gasteiger partial charge on any atom is 0.213 e. The van der Waals surface area contributed by atoms with E-state index in [0.717, 1.165) is 83.4 Å². The molecule has 0 saturated heterocycles. The Balaban J connectivity index is 0.000000161. The van der Waals surface area contributed by atoms with Gasteiger partial charge in [0.15, 0.2) is 5.89 Å². The lowest BCUT2D eigenvalue weighted by molar-refractivity contribution is 0.518. The fraction of sp³-hybridized carbons (Fsp3) is 0.159. The van der Waals surface area contributed by atoms with Gasteiger partial charge in [0.1, 0.15) is 40.6 Å². The average Bonchev–Trinajstić information content (AvgIpc) is 4.53. The number of nitrogens with one attached hydrogen (secondary N) is 2. The Morgan fingerprint density at radius 2 is 1.04 bits per heavy atom. The number of imidazole rings is 1. The predicted octanol–water partition coefficient (Wildman–Crippen LogP) is 16.0. The molecule has 11 aromatic heterocycles. The van der Waals surface area contributed by atoms with Crippen molar-refractivity contribution in [1.82, 2.24) is 90.4 Å². The summed E-state index contributed by atoms with van der Waals surface area (Å²) in [6.07, 6.45) is 18.7. The number of nitrogens with zero attached hydrogens (tertiary/aromatic N) is 16. The minimum atomic E-state index is 0.606. The molecule has 0 aliphatic carbocycles. The summed E-state index contributed by atoms with van der Waals surface area (Å²) < 4.78 is 9.33. The van der Waals surface area contributed by atoms with Crippen molar-refractivity contribution < 1.29 is 8.83 Å². The normalized spacial score (nSPS) is 9.70. The zero-order valence-corrected chi connectivity index (χ0v) is 54.3. The highest BCUT2D eigenvalue weighted by Gasteiger charge is 1.96. The second-order valence-corrected chi connectivity index (χ2v) is 21.4. The number of aryl methyl sites for hydroxylation is 11. The Morgan fingerprint density at radius 3 is 1.56 bits per heavy atom. The number of rotatable bonds is 0. The van der Waals surface area contributed by atoms with Gasteiger partial charge in [-0.15, -0.1) is 43.1 Å². The summed E-state index contributed by atoms with van der Waals surface area (Å²) in [5.74, 6) is 3.97. The molecule has 16 aromatic rings. The van der Waals surface area contributed by atoms with Crippen molar-refractivity contribution in [3.63, 3.8) is 0 Å². The van der Waals surface area contributed by atoms with Gasteiger partial charge in [-0.05, 0) is 122 Å². The number of hydrogen-bond donors (Lipinski definition) is 2. The van der Waals surface area contributed by atoms with Gasteiger partial charge < -0.3 is 13.8 Å². The van der Waals surface area contributed by atoms with E-state index in [1.54, 1.807) is 79.3 Å². The Labute approximate surface area is 536 Å². The quantitative estimate of drug-likeness (QED) is 0.143. The van der Waals surface area contributed by atoms with E-state index in [9.17, 15) is 0 Å². The van der Waals surface area contributed by atoms with Crippen LogP contribution in [0.2, 0.25) is 0 Å². The highest BCUT2D eigenvalue weighted by atomic mass is 32.1. The largest absolute Gasteiger partial charge is 0.449 e. The van der Waals surface area contributed by atoms with Crippen LogP contribution in [-0.4, -0.2) is 90.4 Å². The second-order valence-electron chi connectivity index (χ2n) is 19.3. The van der Waals surface area contributed by atoms with Gasteiger partial charge in [-0.2, -0.15) is 5.10 Å². The van der Waals surface area contributed by atoms with Crippen LogP contribution >= 0.6 is 22.7 Å². The molecule has 0 saturated carbocycles. The zero-order valence-electron chi connectivity index (χ0n) is 52.7. The summed E-state index contributed by atoms with van der Waals surface area (Å²) in [4.78, 5) is 47.9. The molecule has 5 aromatic carbocycles. The van der Waals surface area contributed by atoms with Crippen LogP contribution < -0.4 is 0 Å². The molecule has 0 aliphatic heterocycles. The smallest absolute Gasteiger partial charge is 0.213 e. The van der Waals surface area contributed by atoms with Crippen LogP contribution in [0.3, 0.4) is 0 Å². The summed E-state index contributed by atoms with van der Waals surface area (Å²) in [5, 5.41) is 30.5. The van der Waals surface area contributed by atoms with E-state index < -0.39 is 0 Å². The highest BCUT2D eigenvalue weighted by Crippen LogP contribution is 2.14. The molecule has 0 bridgehead atoms. The second kappa shape index (κ2) is 38.9. The first-order valence-corrected chi connectivity index (χ1v) is 30.2. The number of oxazole rings is 1. The number of aromatic amines is 2. The first-order chi connectivity index (χ1) is 44.2. The van der Waals surface area contributed by atoms with Gasteiger partial charge in [-0.3, -0.25) is 30.0 Å². The standard InChI is InChI=1S/3C10H9N.2C9H8N2.C4H6N2.C4H5NO.C4H5NS.C3H5N3.C3H4N2O.C3H4N2S/c1-8-6-9-4-2-3-5-10(9)7-11-8;1-8-6-9-4-2-3-5-10(9)11-7-8;1-8-6-7-9-4-2-3-5-10(9)11-8;1-7-10-6-8-4-2-3-5-9(8)11-7;1-7-6-10-8-4-2-3-5-9(8)11-7;3*1-4-5-2-3-6-4;1-3-4-2-5-6-3;2*1-3-5-4-2-6-3/h3*2-7H,1H3;2*2-6H,1H3;2-3H,1H3,(H,5,6);2*2-3H,1H3;2H,1H3,(H,4,5,6);2*2H,1H3. The van der Waals surface area contributed by atoms with Crippen LogP contribution in [0.15, 0.2) is 234 Å². The summed E-state index contributed by atoms with van der Waals surface area (Å²) >= 11 is 3.22. The van der Waals surface area contributed by atoms with Gasteiger partial charge in [0.05, 0.1) is 44.5 Å². The molecule has 0 atom stereocenters. The van der Waals surface area contributed by atoms with Crippen molar-refractivity contribution in [3.05, 3.63) is 287 Å². The van der Waals surface area contributed by atoms with Crippen LogP contribution in [0.4, 0.5) is 0 Å². The van der Waals surface area contributed by atoms with E-state index in [-0.39, 0.29) is 0 Å². The molecule has 0 aliphatic rings. The molecule has 20 nitrogen and oxygen atoms in total. The zero-order chi connectivity index (χ0) is 64.8. The first kappa shape index (κ1) is 69.0. The number of thiazole rings is 1. The first-order valence-electron chi connectivity index (χ1n) is 28.4. The SMILES string of the molecule is Cc1cc2ccccc2cn1.Cc1ccc2ccccc2n1.Cc1cnc2ccccc2c1.Cc1cnc2ccccc2n1.Cc1ncc2ccccc2n1.Cc1ncc[nH]1.Cc1ncco1.Cc1nccs1.Cc1ncn[nH]1.Cc1nnco1.Cc1nncs1. The average molecular weight is 1250 g/mol. The lowest BCUT2D eigenvalue weighted by atomic mass is 10.1. The van der Waals surface area contributed by atoms with Crippen LogP contribution in [-0.2, 0) is 0 Å². The molecule has 0 amide bonds. The minimum Gasteiger partial charge on any atom is -0.449 e. The minimum absolute atomic E-state index is 0.606. The molecule has 462 valence electrons. The molecule has 0 unspecified atom stereocenters. The number of H-pyrrole nitrogens is 2. The van der Waals surface area contributed by atoms with Crippen molar-refractivity contribution in [2.45, 2.75) is 76.2 Å². The van der Waals surface area contributed by atoms with E-state index in [2.05, 4.69) is 144 Å². The van der Waals surface area contributed by atoms with Gasteiger partial charge in [0, 0.05) is 95.5 Å². The van der Waals surface area contributed by atoms with Crippen LogP contribution in [0.1, 0.15) is 61.9 Å². The Morgan fingerprint density at radius 1 is 0.396 bits per heavy atom. The Bertz CT molecular complexity index is 3820. The maximum absolute atomic E-state index is 4.72. The third-order valence-corrected chi connectivity index (χ3v) is 13.0. The van der Waals surface area contributed by atoms with E-state index in [1.807, 2.05) is 182 Å². The molecule has 11 heterocycles. The van der Waals surface area contributed by atoms with Crippen molar-refractivity contribution >= 4 is 77.2 Å². The van der Waals surface area contributed by atoms with Gasteiger partial charge in [0.2, 0.25) is 12.3 Å². The lowest BCUT2D eigenvalue weighted by Gasteiger charge is -1.96. The molecule has 0 radical (unpaired) electrons. The fourth-order valence-corrected chi connectivity index (χ4v) is 8.10. The summed E-state index contributed by atoms with van der Waals surface area (Å²) in [7, 11) is 0. The maximum atomic E-state index is 4.72. The molecule has 0 spiro atoms. The predicted molar refractivity (Wildman–Crippen MR) is 364 cm³/mol. The monoisotopic (exact) mass is 1250 g/mol. The van der Waals surface area contributed by atoms with Gasteiger partial charge >= 0.3 is 0 Å². The van der Waals surface area contributed by atoms with Crippen LogP contribution in [0, 0.1) is 76.2 Å². The number of hydrogen-bond acceptors (Lipinski definition) is 20. The van der Waals surface area contributed by atoms with Crippen molar-refractivity contribution in [2.75, 3.05) is 0 Å². The molecule has 16 rings (SSSR count). The lowest BCUT2D eigenvalue weighted by Crippen LogP contribution is -1.86. The Kier molecular flexibility index (Phi) is 29.5. The van der Waals surface area contributed by atoms with E-state index in [0.29, 0.717) is 5.89 Å². The van der Waals surface area contributed by atoms with Crippen LogP contribution in [0.25, 0.3) is 54.5 Å². The molecule has 0 fully saturated rings. The fourth-order valence-electron chi connectivity index (χ4n) is 7.31. The number of aromatic nitrogens is 18. The van der Waals surface area contributed by atoms with E-state index >= 15 is 0 Å².